The molecule has 3 rings (SSSR count). The predicted molar refractivity (Wildman–Crippen MR) is 73.8 cm³/mol. The van der Waals surface area contributed by atoms with Crippen molar-refractivity contribution in [3.8, 4) is 17.0 Å². The highest BCUT2D eigenvalue weighted by atomic mass is 19.4. The van der Waals surface area contributed by atoms with Gasteiger partial charge in [-0.15, -0.1) is 23.4 Å². The van der Waals surface area contributed by atoms with Gasteiger partial charge < -0.3 is 9.84 Å². The highest BCUT2D eigenvalue weighted by Gasteiger charge is 2.38. The molecule has 0 saturated heterocycles. The Labute approximate surface area is 140 Å². The van der Waals surface area contributed by atoms with E-state index < -0.39 is 30.7 Å². The maximum atomic E-state index is 12.9. The molecule has 0 bridgehead atoms. The number of fused-ring (bicyclic) bond motifs is 1. The van der Waals surface area contributed by atoms with Crippen LogP contribution in [0.4, 0.5) is 26.3 Å². The van der Waals surface area contributed by atoms with Gasteiger partial charge in [-0.05, 0) is 30.3 Å². The number of rotatable bonds is 3. The fourth-order valence-corrected chi connectivity index (χ4v) is 2.22. The Morgan fingerprint density at radius 1 is 1.00 bits per heavy atom. The van der Waals surface area contributed by atoms with Crippen LogP contribution in [0.1, 0.15) is 11.4 Å². The number of aromatic nitrogens is 4. The number of benzene rings is 1. The summed E-state index contributed by atoms with van der Waals surface area (Å²) in [6, 6.07) is 5.46. The Morgan fingerprint density at radius 2 is 1.65 bits per heavy atom. The number of aliphatic hydroxyl groups is 1. The minimum atomic E-state index is -4.88. The molecular formula is C14H8F6N4O2. The van der Waals surface area contributed by atoms with Gasteiger partial charge in [0.15, 0.2) is 5.65 Å². The summed E-state index contributed by atoms with van der Waals surface area (Å²) < 4.78 is 79.6. The van der Waals surface area contributed by atoms with E-state index in [1.54, 1.807) is 0 Å². The molecule has 26 heavy (non-hydrogen) atoms. The van der Waals surface area contributed by atoms with Crippen LogP contribution in [0.5, 0.6) is 5.75 Å². The second kappa shape index (κ2) is 6.12. The molecule has 0 aliphatic heterocycles. The summed E-state index contributed by atoms with van der Waals surface area (Å²) in [6.45, 7) is -0.576. The maximum Gasteiger partial charge on any atom is 0.573 e. The summed E-state index contributed by atoms with van der Waals surface area (Å²) in [6.07, 6.45) is -9.69. The van der Waals surface area contributed by atoms with Crippen molar-refractivity contribution < 1.29 is 36.2 Å². The second-order valence-electron chi connectivity index (χ2n) is 5.04. The SMILES string of the molecule is OCc1cc2nnc(C(F)(F)F)n2nc1-c1ccc(OC(F)(F)F)cc1. The number of aliphatic hydroxyl groups excluding tert-OH is 1. The molecule has 0 saturated carbocycles. The first-order valence-corrected chi connectivity index (χ1v) is 6.88. The van der Waals surface area contributed by atoms with Gasteiger partial charge in [0, 0.05) is 11.1 Å². The minimum absolute atomic E-state index is 0.0659. The second-order valence-corrected chi connectivity index (χ2v) is 5.04. The quantitative estimate of drug-likeness (QED) is 0.709. The smallest absolute Gasteiger partial charge is 0.406 e. The van der Waals surface area contributed by atoms with Crippen LogP contribution in [-0.2, 0) is 12.8 Å². The Kier molecular flexibility index (Phi) is 4.22. The van der Waals surface area contributed by atoms with Gasteiger partial charge in [0.1, 0.15) is 5.75 Å². The van der Waals surface area contributed by atoms with E-state index >= 15 is 0 Å². The Hall–Kier alpha value is -2.89. The molecule has 0 amide bonds. The van der Waals surface area contributed by atoms with Crippen molar-refractivity contribution in [2.45, 2.75) is 19.1 Å². The molecule has 0 aliphatic rings. The summed E-state index contributed by atoms with van der Waals surface area (Å²) in [5, 5.41) is 19.6. The Bertz CT molecular complexity index is 933. The third kappa shape index (κ3) is 3.54. The standard InChI is InChI=1S/C14H8F6N4O2/c15-13(16,17)12-22-21-10-5-8(6-25)11(23-24(10)12)7-1-3-9(4-2-7)26-14(18,19)20/h1-5,25H,6H2. The molecule has 1 aromatic carbocycles. The lowest BCUT2D eigenvalue weighted by molar-refractivity contribution is -0.274. The van der Waals surface area contributed by atoms with Gasteiger partial charge in [0.2, 0.25) is 0 Å². The molecular weight excluding hydrogens is 370 g/mol. The largest absolute Gasteiger partial charge is 0.573 e. The van der Waals surface area contributed by atoms with E-state index in [0.717, 1.165) is 18.2 Å². The molecule has 2 aromatic heterocycles. The van der Waals surface area contributed by atoms with Crippen LogP contribution in [-0.4, -0.2) is 31.3 Å². The number of hydrogen-bond donors (Lipinski definition) is 1. The van der Waals surface area contributed by atoms with E-state index in [0.29, 0.717) is 4.52 Å². The van der Waals surface area contributed by atoms with Crippen LogP contribution < -0.4 is 4.74 Å². The topological polar surface area (TPSA) is 72.5 Å². The van der Waals surface area contributed by atoms with E-state index in [1.165, 1.54) is 12.1 Å². The van der Waals surface area contributed by atoms with Crippen LogP contribution in [0.3, 0.4) is 0 Å². The van der Waals surface area contributed by atoms with Crippen LogP contribution in [0.25, 0.3) is 16.9 Å². The molecule has 6 nitrogen and oxygen atoms in total. The molecule has 3 aromatic rings. The van der Waals surface area contributed by atoms with Gasteiger partial charge in [0.05, 0.1) is 12.3 Å². The molecule has 0 unspecified atom stereocenters. The third-order valence-corrected chi connectivity index (χ3v) is 3.26. The maximum absolute atomic E-state index is 12.9. The van der Waals surface area contributed by atoms with Crippen molar-refractivity contribution in [2.75, 3.05) is 0 Å². The van der Waals surface area contributed by atoms with E-state index in [1.807, 2.05) is 0 Å². The van der Waals surface area contributed by atoms with Crippen molar-refractivity contribution in [3.05, 3.63) is 41.7 Å². The normalized spacial score (nSPS) is 12.6. The number of hydrogen-bond acceptors (Lipinski definition) is 5. The lowest BCUT2D eigenvalue weighted by Crippen LogP contribution is -2.17. The van der Waals surface area contributed by atoms with E-state index in [-0.39, 0.29) is 22.5 Å². The molecule has 1 N–H and O–H groups in total. The fourth-order valence-electron chi connectivity index (χ4n) is 2.22. The first-order chi connectivity index (χ1) is 12.1. The van der Waals surface area contributed by atoms with Crippen molar-refractivity contribution in [2.24, 2.45) is 0 Å². The van der Waals surface area contributed by atoms with Crippen LogP contribution in [0.15, 0.2) is 30.3 Å². The third-order valence-electron chi connectivity index (χ3n) is 3.26. The average Bonchev–Trinajstić information content (AvgIpc) is 2.96. The molecule has 2 heterocycles. The van der Waals surface area contributed by atoms with Crippen LogP contribution in [0.2, 0.25) is 0 Å². The molecule has 12 heteroatoms. The highest BCUT2D eigenvalue weighted by Crippen LogP contribution is 2.31. The number of nitrogens with zero attached hydrogens (tertiary/aromatic N) is 4. The average molecular weight is 378 g/mol. The molecule has 0 fully saturated rings. The number of alkyl halides is 6. The summed E-state index contributed by atoms with van der Waals surface area (Å²) in [7, 11) is 0. The summed E-state index contributed by atoms with van der Waals surface area (Å²) in [5.74, 6) is -1.87. The predicted octanol–water partition coefficient (Wildman–Crippen LogP) is 3.20. The number of ether oxygens (including phenoxy) is 1. The van der Waals surface area contributed by atoms with E-state index in [4.69, 9.17) is 0 Å². The molecule has 138 valence electrons. The zero-order valence-corrected chi connectivity index (χ0v) is 12.5. The number of halogens is 6. The van der Waals surface area contributed by atoms with Gasteiger partial charge in [-0.25, -0.2) is 0 Å². The van der Waals surface area contributed by atoms with Crippen LogP contribution >= 0.6 is 0 Å². The lowest BCUT2D eigenvalue weighted by atomic mass is 10.1. The molecule has 0 radical (unpaired) electrons. The van der Waals surface area contributed by atoms with Gasteiger partial charge in [-0.2, -0.15) is 22.8 Å². The van der Waals surface area contributed by atoms with E-state index in [2.05, 4.69) is 20.0 Å². The van der Waals surface area contributed by atoms with Crippen molar-refractivity contribution in [1.29, 1.82) is 0 Å². The Balaban J connectivity index is 2.08. The molecule has 0 aliphatic carbocycles. The van der Waals surface area contributed by atoms with Crippen LogP contribution in [0, 0.1) is 0 Å². The van der Waals surface area contributed by atoms with Crippen molar-refractivity contribution in [3.63, 3.8) is 0 Å². The van der Waals surface area contributed by atoms with Gasteiger partial charge >= 0.3 is 12.5 Å². The molecule has 0 spiro atoms. The first kappa shape index (κ1) is 17.9. The van der Waals surface area contributed by atoms with Crippen molar-refractivity contribution >= 4 is 5.65 Å². The fraction of sp³-hybridized carbons (Fsp3) is 0.214. The minimum Gasteiger partial charge on any atom is -0.406 e. The zero-order valence-electron chi connectivity index (χ0n) is 12.5. The summed E-state index contributed by atoms with van der Waals surface area (Å²) >= 11 is 0. The van der Waals surface area contributed by atoms with Crippen molar-refractivity contribution in [1.82, 2.24) is 19.8 Å². The van der Waals surface area contributed by atoms with Gasteiger partial charge in [-0.3, -0.25) is 0 Å². The molecule has 0 atom stereocenters. The van der Waals surface area contributed by atoms with Gasteiger partial charge in [0.25, 0.3) is 5.82 Å². The zero-order chi connectivity index (χ0) is 19.1. The summed E-state index contributed by atoms with van der Waals surface area (Å²) in [4.78, 5) is 0. The highest BCUT2D eigenvalue weighted by molar-refractivity contribution is 5.65. The lowest BCUT2D eigenvalue weighted by Gasteiger charge is -2.11. The van der Waals surface area contributed by atoms with Gasteiger partial charge in [-0.1, -0.05) is 0 Å². The monoisotopic (exact) mass is 378 g/mol. The summed E-state index contributed by atoms with van der Waals surface area (Å²) in [5.41, 5.74) is 0.00132. The van der Waals surface area contributed by atoms with E-state index in [9.17, 15) is 31.4 Å². The first-order valence-electron chi connectivity index (χ1n) is 6.88. The Morgan fingerprint density at radius 3 is 2.19 bits per heavy atom.